The minimum absolute atomic E-state index is 0.0461. The van der Waals surface area contributed by atoms with Gasteiger partial charge >= 0.3 is 0 Å². The summed E-state index contributed by atoms with van der Waals surface area (Å²) in [4.78, 5) is 13.9. The number of carbonyl (C=O) groups excluding carboxylic acids is 1. The first kappa shape index (κ1) is 20.4. The molecule has 1 aromatic rings. The van der Waals surface area contributed by atoms with E-state index in [0.717, 1.165) is 0 Å². The lowest BCUT2D eigenvalue weighted by Crippen LogP contribution is -2.36. The second kappa shape index (κ2) is 8.77. The minimum Gasteiger partial charge on any atom is -0.495 e. The number of hydrogen-bond donors (Lipinski definition) is 2. The zero-order chi connectivity index (χ0) is 20.1. The molecule has 2 N–H and O–H groups in total. The Hall–Kier alpha value is -2.35. The number of nitriles is 1. The minimum atomic E-state index is -3.88. The molecule has 9 nitrogen and oxygen atoms in total. The summed E-state index contributed by atoms with van der Waals surface area (Å²) in [5.74, 6) is -0.110. The van der Waals surface area contributed by atoms with E-state index in [1.54, 1.807) is 6.07 Å². The van der Waals surface area contributed by atoms with Crippen molar-refractivity contribution in [1.29, 1.82) is 5.26 Å². The molecule has 1 aromatic carbocycles. The topological polar surface area (TPSA) is 121 Å². The van der Waals surface area contributed by atoms with E-state index in [0.29, 0.717) is 51.3 Å². The van der Waals surface area contributed by atoms with Gasteiger partial charge in [0.15, 0.2) is 6.19 Å². The van der Waals surface area contributed by atoms with Crippen LogP contribution in [0.25, 0.3) is 0 Å². The maximum atomic E-state index is 12.9. The highest BCUT2D eigenvalue weighted by Gasteiger charge is 2.29. The second-order valence-corrected chi connectivity index (χ2v) is 8.58. The van der Waals surface area contributed by atoms with Crippen molar-refractivity contribution in [3.8, 4) is 11.9 Å². The van der Waals surface area contributed by atoms with E-state index in [-0.39, 0.29) is 28.5 Å². The summed E-state index contributed by atoms with van der Waals surface area (Å²) >= 11 is 0. The van der Waals surface area contributed by atoms with E-state index in [1.165, 1.54) is 24.1 Å². The van der Waals surface area contributed by atoms with Crippen LogP contribution in [0.1, 0.15) is 19.3 Å². The zero-order valence-electron chi connectivity index (χ0n) is 15.7. The Morgan fingerprint density at radius 3 is 2.71 bits per heavy atom. The van der Waals surface area contributed by atoms with E-state index in [1.807, 2.05) is 6.19 Å². The lowest BCUT2D eigenvalue weighted by Gasteiger charge is -2.21. The molecule has 3 rings (SSSR count). The molecule has 2 heterocycles. The summed E-state index contributed by atoms with van der Waals surface area (Å²) < 4.78 is 38.9. The second-order valence-electron chi connectivity index (χ2n) is 6.89. The average Bonchev–Trinajstić information content (AvgIpc) is 3.15. The van der Waals surface area contributed by atoms with E-state index >= 15 is 0 Å². The largest absolute Gasteiger partial charge is 0.495 e. The Morgan fingerprint density at radius 2 is 2.07 bits per heavy atom. The van der Waals surface area contributed by atoms with Crippen LogP contribution in [-0.4, -0.2) is 58.7 Å². The van der Waals surface area contributed by atoms with Gasteiger partial charge in [-0.1, -0.05) is 0 Å². The van der Waals surface area contributed by atoms with Gasteiger partial charge in [0.2, 0.25) is 15.9 Å². The fourth-order valence-corrected chi connectivity index (χ4v) is 4.86. The van der Waals surface area contributed by atoms with E-state index < -0.39 is 10.0 Å². The van der Waals surface area contributed by atoms with Crippen LogP contribution >= 0.6 is 0 Å². The molecule has 2 saturated heterocycles. The number of amides is 1. The SMILES string of the molecule is COc1ccc(NC(=O)C2CCOCC2)cc1S(=O)(=O)NC1CCN(C#N)C1. The highest BCUT2D eigenvalue weighted by Crippen LogP contribution is 2.28. The molecule has 1 unspecified atom stereocenters. The Balaban J connectivity index is 1.76. The van der Waals surface area contributed by atoms with Crippen LogP contribution in [0.15, 0.2) is 23.1 Å². The number of sulfonamides is 1. The van der Waals surface area contributed by atoms with Gasteiger partial charge in [0, 0.05) is 44.0 Å². The van der Waals surface area contributed by atoms with Gasteiger partial charge in [-0.05, 0) is 37.5 Å². The summed E-state index contributed by atoms with van der Waals surface area (Å²) in [6.45, 7) is 1.94. The molecule has 0 aromatic heterocycles. The number of carbonyl (C=O) groups is 1. The van der Waals surface area contributed by atoms with E-state index in [9.17, 15) is 13.2 Å². The van der Waals surface area contributed by atoms with Gasteiger partial charge in [0.25, 0.3) is 0 Å². The third-order valence-electron chi connectivity index (χ3n) is 4.96. The third-order valence-corrected chi connectivity index (χ3v) is 6.51. The number of anilines is 1. The molecule has 0 bridgehead atoms. The van der Waals surface area contributed by atoms with Crippen LogP contribution in [0.4, 0.5) is 5.69 Å². The fourth-order valence-electron chi connectivity index (χ4n) is 3.40. The van der Waals surface area contributed by atoms with Gasteiger partial charge in [-0.2, -0.15) is 5.26 Å². The van der Waals surface area contributed by atoms with Crippen LogP contribution < -0.4 is 14.8 Å². The van der Waals surface area contributed by atoms with E-state index in [2.05, 4.69) is 10.0 Å². The number of nitrogens with zero attached hydrogens (tertiary/aromatic N) is 2. The molecule has 0 saturated carbocycles. The summed E-state index contributed by atoms with van der Waals surface area (Å²) in [7, 11) is -2.49. The van der Waals surface area contributed by atoms with Crippen molar-refractivity contribution in [2.45, 2.75) is 30.2 Å². The fraction of sp³-hybridized carbons (Fsp3) is 0.556. The lowest BCUT2D eigenvalue weighted by atomic mass is 9.99. The smallest absolute Gasteiger partial charge is 0.244 e. The third kappa shape index (κ3) is 4.73. The van der Waals surface area contributed by atoms with Crippen molar-refractivity contribution in [3.63, 3.8) is 0 Å². The maximum absolute atomic E-state index is 12.9. The quantitative estimate of drug-likeness (QED) is 0.671. The molecule has 152 valence electrons. The van der Waals surface area contributed by atoms with Gasteiger partial charge in [-0.15, -0.1) is 0 Å². The molecule has 0 radical (unpaired) electrons. The molecule has 2 fully saturated rings. The van der Waals surface area contributed by atoms with Gasteiger partial charge in [-0.3, -0.25) is 4.79 Å². The molecule has 0 spiro atoms. The number of likely N-dealkylation sites (tertiary alicyclic amines) is 1. The van der Waals surface area contributed by atoms with Crippen molar-refractivity contribution >= 4 is 21.6 Å². The maximum Gasteiger partial charge on any atom is 0.244 e. The van der Waals surface area contributed by atoms with Crippen LogP contribution in [0, 0.1) is 17.4 Å². The molecule has 28 heavy (non-hydrogen) atoms. The van der Waals surface area contributed by atoms with Crippen molar-refractivity contribution in [2.24, 2.45) is 5.92 Å². The average molecular weight is 408 g/mol. The first-order valence-electron chi connectivity index (χ1n) is 9.16. The number of methoxy groups -OCH3 is 1. The standard InChI is InChI=1S/C18H24N4O5S/c1-26-16-3-2-14(20-18(23)13-5-8-27-9-6-13)10-17(16)28(24,25)21-15-4-7-22(11-15)12-19/h2-3,10,13,15,21H,4-9,11H2,1H3,(H,20,23). The molecule has 1 atom stereocenters. The van der Waals surface area contributed by atoms with Crippen molar-refractivity contribution < 1.29 is 22.7 Å². The molecule has 2 aliphatic heterocycles. The van der Waals surface area contributed by atoms with E-state index in [4.69, 9.17) is 14.7 Å². The molecule has 0 aliphatic carbocycles. The summed E-state index contributed by atoms with van der Waals surface area (Å²) in [6, 6.07) is 4.18. The highest BCUT2D eigenvalue weighted by atomic mass is 32.2. The predicted octanol–water partition coefficient (Wildman–Crippen LogP) is 0.894. The number of rotatable bonds is 6. The van der Waals surface area contributed by atoms with Crippen LogP contribution in [0.2, 0.25) is 0 Å². The van der Waals surface area contributed by atoms with Crippen LogP contribution in [0.5, 0.6) is 5.75 Å². The number of nitrogens with one attached hydrogen (secondary N) is 2. The Morgan fingerprint density at radius 1 is 1.32 bits per heavy atom. The van der Waals surface area contributed by atoms with Gasteiger partial charge in [0.05, 0.1) is 7.11 Å². The lowest BCUT2D eigenvalue weighted by molar-refractivity contribution is -0.122. The van der Waals surface area contributed by atoms with Crippen molar-refractivity contribution in [1.82, 2.24) is 9.62 Å². The molecular weight excluding hydrogens is 384 g/mol. The van der Waals surface area contributed by atoms with Crippen molar-refractivity contribution in [2.75, 3.05) is 38.7 Å². The zero-order valence-corrected chi connectivity index (χ0v) is 16.5. The first-order chi connectivity index (χ1) is 13.4. The Bertz CT molecular complexity index is 861. The normalized spacial score (nSPS) is 20.6. The highest BCUT2D eigenvalue weighted by molar-refractivity contribution is 7.89. The molecule has 2 aliphatic rings. The van der Waals surface area contributed by atoms with Crippen LogP contribution in [0.3, 0.4) is 0 Å². The first-order valence-corrected chi connectivity index (χ1v) is 10.6. The van der Waals surface area contributed by atoms with Crippen molar-refractivity contribution in [3.05, 3.63) is 18.2 Å². The van der Waals surface area contributed by atoms with Crippen LogP contribution in [-0.2, 0) is 19.6 Å². The number of ether oxygens (including phenoxy) is 2. The predicted molar refractivity (Wildman–Crippen MR) is 101 cm³/mol. The summed E-state index contributed by atoms with van der Waals surface area (Å²) in [6.07, 6.45) is 3.86. The van der Waals surface area contributed by atoms with Gasteiger partial charge in [0.1, 0.15) is 10.6 Å². The van der Waals surface area contributed by atoms with Gasteiger partial charge < -0.3 is 19.7 Å². The monoisotopic (exact) mass is 408 g/mol. The Kier molecular flexibility index (Phi) is 6.39. The molecule has 10 heteroatoms. The Labute approximate surface area is 164 Å². The molecular formula is C18H24N4O5S. The summed E-state index contributed by atoms with van der Waals surface area (Å²) in [5, 5.41) is 11.7. The summed E-state index contributed by atoms with van der Waals surface area (Å²) in [5.41, 5.74) is 0.391. The molecule has 1 amide bonds. The number of hydrogen-bond acceptors (Lipinski definition) is 7. The van der Waals surface area contributed by atoms with Gasteiger partial charge in [-0.25, -0.2) is 13.1 Å². The number of benzene rings is 1.